The van der Waals surface area contributed by atoms with E-state index in [1.807, 2.05) is 39.0 Å². The molecule has 2 rings (SSSR count). The Labute approximate surface area is 143 Å². The van der Waals surface area contributed by atoms with E-state index >= 15 is 0 Å². The zero-order valence-electron chi connectivity index (χ0n) is 14.8. The molecule has 4 heteroatoms. The number of ether oxygens (including phenoxy) is 1. The molecule has 1 N–H and O–H groups in total. The fourth-order valence-corrected chi connectivity index (χ4v) is 2.83. The van der Waals surface area contributed by atoms with E-state index in [-0.39, 0.29) is 11.7 Å². The minimum absolute atomic E-state index is 0.0791. The van der Waals surface area contributed by atoms with E-state index in [4.69, 9.17) is 4.74 Å². The van der Waals surface area contributed by atoms with Gasteiger partial charge in [-0.15, -0.1) is 0 Å². The van der Waals surface area contributed by atoms with Crippen molar-refractivity contribution in [1.29, 1.82) is 0 Å². The van der Waals surface area contributed by atoms with E-state index in [0.717, 1.165) is 18.4 Å². The van der Waals surface area contributed by atoms with E-state index in [0.29, 0.717) is 23.3 Å². The van der Waals surface area contributed by atoms with Crippen LogP contribution >= 0.6 is 0 Å². The first-order valence-corrected chi connectivity index (χ1v) is 8.33. The molecule has 0 spiro atoms. The lowest BCUT2D eigenvalue weighted by Crippen LogP contribution is -2.54. The first-order valence-electron chi connectivity index (χ1n) is 8.33. The Balaban J connectivity index is 2.33. The van der Waals surface area contributed by atoms with Crippen molar-refractivity contribution in [2.24, 2.45) is 0 Å². The average molecular weight is 327 g/mol. The van der Waals surface area contributed by atoms with Gasteiger partial charge >= 0.3 is 0 Å². The summed E-state index contributed by atoms with van der Waals surface area (Å²) in [6, 6.07) is 7.40. The summed E-state index contributed by atoms with van der Waals surface area (Å²) in [4.78, 5) is 24.5. The summed E-state index contributed by atoms with van der Waals surface area (Å²) >= 11 is 0. The van der Waals surface area contributed by atoms with Gasteiger partial charge in [-0.05, 0) is 62.6 Å². The standard InChI is InChI=1S/C20H25NO3/c1-5-6-10-24-20(15(3)12-18(22)13-16(20)4)21-19(23)17-9-7-8-14(2)11-17/h7-9,11-13H,5-6,10H2,1-4H3,(H,21,23). The molecule has 0 fully saturated rings. The molecular weight excluding hydrogens is 302 g/mol. The predicted octanol–water partition coefficient (Wildman–Crippen LogP) is 3.71. The zero-order chi connectivity index (χ0) is 17.7. The number of allylic oxidation sites excluding steroid dienone is 2. The molecule has 1 aliphatic carbocycles. The third kappa shape index (κ3) is 3.82. The fourth-order valence-electron chi connectivity index (χ4n) is 2.83. The van der Waals surface area contributed by atoms with Crippen LogP contribution in [0.25, 0.3) is 0 Å². The number of carbonyl (C=O) groups is 2. The number of unbranched alkanes of at least 4 members (excludes halogenated alkanes) is 1. The fraction of sp³-hybridized carbons (Fsp3) is 0.400. The second kappa shape index (κ2) is 7.58. The molecule has 1 amide bonds. The monoisotopic (exact) mass is 327 g/mol. The smallest absolute Gasteiger partial charge is 0.254 e. The molecule has 4 nitrogen and oxygen atoms in total. The topological polar surface area (TPSA) is 55.4 Å². The quantitative estimate of drug-likeness (QED) is 0.640. The van der Waals surface area contributed by atoms with Gasteiger partial charge in [-0.2, -0.15) is 0 Å². The van der Waals surface area contributed by atoms with Gasteiger partial charge < -0.3 is 10.1 Å². The molecule has 0 unspecified atom stereocenters. The van der Waals surface area contributed by atoms with Crippen molar-refractivity contribution in [2.75, 3.05) is 6.61 Å². The third-order valence-corrected chi connectivity index (χ3v) is 4.21. The molecule has 0 saturated heterocycles. The van der Waals surface area contributed by atoms with E-state index in [1.165, 1.54) is 12.2 Å². The van der Waals surface area contributed by atoms with Gasteiger partial charge in [-0.1, -0.05) is 31.0 Å². The van der Waals surface area contributed by atoms with Crippen LogP contribution in [-0.2, 0) is 9.53 Å². The van der Waals surface area contributed by atoms with Gasteiger partial charge in [-0.3, -0.25) is 9.59 Å². The summed E-state index contributed by atoms with van der Waals surface area (Å²) in [6.45, 7) is 8.17. The number of benzene rings is 1. The molecule has 128 valence electrons. The molecule has 0 heterocycles. The van der Waals surface area contributed by atoms with E-state index in [9.17, 15) is 9.59 Å². The van der Waals surface area contributed by atoms with Crippen molar-refractivity contribution in [3.63, 3.8) is 0 Å². The highest BCUT2D eigenvalue weighted by molar-refractivity contribution is 6.03. The molecule has 1 aliphatic rings. The number of hydrogen-bond acceptors (Lipinski definition) is 3. The van der Waals surface area contributed by atoms with Crippen LogP contribution in [0.3, 0.4) is 0 Å². The van der Waals surface area contributed by atoms with E-state index < -0.39 is 5.72 Å². The number of amides is 1. The summed E-state index contributed by atoms with van der Waals surface area (Å²) in [5.41, 5.74) is 1.94. The molecule has 0 atom stereocenters. The summed E-state index contributed by atoms with van der Waals surface area (Å²) in [5, 5.41) is 3.00. The minimum Gasteiger partial charge on any atom is -0.348 e. The highest BCUT2D eigenvalue weighted by Crippen LogP contribution is 2.31. The SMILES string of the molecule is CCCCOC1(NC(=O)c2cccc(C)c2)C(C)=CC(=O)C=C1C. The second-order valence-corrected chi connectivity index (χ2v) is 6.26. The van der Waals surface area contributed by atoms with Crippen LogP contribution in [-0.4, -0.2) is 24.0 Å². The first-order chi connectivity index (χ1) is 11.4. The number of aryl methyl sites for hydroxylation is 1. The average Bonchev–Trinajstić information content (AvgIpc) is 2.52. The summed E-state index contributed by atoms with van der Waals surface area (Å²) in [6.07, 6.45) is 4.92. The number of carbonyl (C=O) groups excluding carboxylic acids is 2. The lowest BCUT2D eigenvalue weighted by molar-refractivity contribution is -0.111. The lowest BCUT2D eigenvalue weighted by atomic mass is 9.89. The molecule has 0 bridgehead atoms. The maximum Gasteiger partial charge on any atom is 0.254 e. The summed E-state index contributed by atoms with van der Waals surface area (Å²) < 4.78 is 6.09. The molecule has 0 saturated carbocycles. The molecule has 24 heavy (non-hydrogen) atoms. The Bertz CT molecular complexity index is 679. The van der Waals surface area contributed by atoms with Gasteiger partial charge in [0.15, 0.2) is 11.5 Å². The summed E-state index contributed by atoms with van der Waals surface area (Å²) in [7, 11) is 0. The molecule has 0 aromatic heterocycles. The van der Waals surface area contributed by atoms with Gasteiger partial charge in [0.25, 0.3) is 5.91 Å². The molecule has 0 radical (unpaired) electrons. The van der Waals surface area contributed by atoms with Crippen LogP contribution in [0.2, 0.25) is 0 Å². The number of hydrogen-bond donors (Lipinski definition) is 1. The predicted molar refractivity (Wildman–Crippen MR) is 94.8 cm³/mol. The van der Waals surface area contributed by atoms with E-state index in [2.05, 4.69) is 12.2 Å². The van der Waals surface area contributed by atoms with Crippen LogP contribution in [0.15, 0.2) is 47.6 Å². The van der Waals surface area contributed by atoms with Crippen LogP contribution in [0.5, 0.6) is 0 Å². The minimum atomic E-state index is -1.05. The third-order valence-electron chi connectivity index (χ3n) is 4.21. The van der Waals surface area contributed by atoms with Gasteiger partial charge in [0.2, 0.25) is 0 Å². The Morgan fingerprint density at radius 3 is 2.42 bits per heavy atom. The Kier molecular flexibility index (Phi) is 5.73. The van der Waals surface area contributed by atoms with Crippen molar-refractivity contribution in [3.05, 3.63) is 58.7 Å². The summed E-state index contributed by atoms with van der Waals surface area (Å²) in [5.74, 6) is -0.297. The largest absolute Gasteiger partial charge is 0.348 e. The normalized spacial score (nSPS) is 16.4. The van der Waals surface area contributed by atoms with Gasteiger partial charge in [0, 0.05) is 5.56 Å². The number of ketones is 1. The maximum atomic E-state index is 12.7. The van der Waals surface area contributed by atoms with Gasteiger partial charge in [0.1, 0.15) is 0 Å². The number of nitrogens with one attached hydrogen (secondary N) is 1. The Morgan fingerprint density at radius 2 is 1.83 bits per heavy atom. The van der Waals surface area contributed by atoms with Gasteiger partial charge in [-0.25, -0.2) is 0 Å². The van der Waals surface area contributed by atoms with Gasteiger partial charge in [0.05, 0.1) is 6.61 Å². The first kappa shape index (κ1) is 18.1. The highest BCUT2D eigenvalue weighted by atomic mass is 16.5. The van der Waals surface area contributed by atoms with Crippen molar-refractivity contribution in [3.8, 4) is 0 Å². The highest BCUT2D eigenvalue weighted by Gasteiger charge is 2.39. The van der Waals surface area contributed by atoms with Crippen molar-refractivity contribution in [1.82, 2.24) is 5.32 Å². The van der Waals surface area contributed by atoms with Crippen LogP contribution in [0.1, 0.15) is 49.5 Å². The van der Waals surface area contributed by atoms with Crippen molar-refractivity contribution < 1.29 is 14.3 Å². The van der Waals surface area contributed by atoms with Crippen LogP contribution < -0.4 is 5.32 Å². The molecule has 0 aliphatic heterocycles. The second-order valence-electron chi connectivity index (χ2n) is 6.26. The maximum absolute atomic E-state index is 12.7. The van der Waals surface area contributed by atoms with Crippen LogP contribution in [0.4, 0.5) is 0 Å². The molecule has 1 aromatic rings. The van der Waals surface area contributed by atoms with Crippen molar-refractivity contribution >= 4 is 11.7 Å². The van der Waals surface area contributed by atoms with Crippen molar-refractivity contribution in [2.45, 2.75) is 46.3 Å². The molecule has 1 aromatic carbocycles. The zero-order valence-corrected chi connectivity index (χ0v) is 14.8. The Morgan fingerprint density at radius 1 is 1.17 bits per heavy atom. The Hall–Kier alpha value is -2.20. The number of rotatable bonds is 6. The van der Waals surface area contributed by atoms with Crippen LogP contribution in [0, 0.1) is 6.92 Å². The van der Waals surface area contributed by atoms with E-state index in [1.54, 1.807) is 6.07 Å². The lowest BCUT2D eigenvalue weighted by Gasteiger charge is -2.38. The molecular formula is C20H25NO3.